The number of hydrogen-bond donors (Lipinski definition) is 0. The van der Waals surface area contributed by atoms with Gasteiger partial charge in [0.2, 0.25) is 0 Å². The molecule has 0 unspecified atom stereocenters. The zero-order valence-corrected chi connectivity index (χ0v) is 12.7. The van der Waals surface area contributed by atoms with Gasteiger partial charge >= 0.3 is 0 Å². The Morgan fingerprint density at radius 1 is 1.05 bits per heavy atom. The van der Waals surface area contributed by atoms with Gasteiger partial charge in [-0.05, 0) is 49.1 Å². The summed E-state index contributed by atoms with van der Waals surface area (Å²) in [6, 6.07) is 15.9. The summed E-state index contributed by atoms with van der Waals surface area (Å²) >= 11 is 0. The Bertz CT molecular complexity index is 737. The molecule has 1 saturated heterocycles. The summed E-state index contributed by atoms with van der Waals surface area (Å²) in [5, 5.41) is 19.9. The van der Waals surface area contributed by atoms with Crippen molar-refractivity contribution in [3.05, 3.63) is 53.6 Å². The van der Waals surface area contributed by atoms with Crippen LogP contribution in [0.1, 0.15) is 24.0 Å². The molecule has 22 heavy (non-hydrogen) atoms. The lowest BCUT2D eigenvalue weighted by Gasteiger charge is -2.11. The molecule has 0 atom stereocenters. The van der Waals surface area contributed by atoms with Crippen molar-refractivity contribution in [3.63, 3.8) is 0 Å². The van der Waals surface area contributed by atoms with Crippen LogP contribution in [0.5, 0.6) is 0 Å². The first-order valence-corrected chi connectivity index (χ1v) is 7.55. The van der Waals surface area contributed by atoms with Gasteiger partial charge in [0.15, 0.2) is 0 Å². The maximum absolute atomic E-state index is 9.16. The molecule has 110 valence electrons. The number of hydrogen-bond acceptors (Lipinski definition) is 3. The molecule has 0 bridgehead atoms. The van der Waals surface area contributed by atoms with Gasteiger partial charge in [0.1, 0.15) is 0 Å². The summed E-state index contributed by atoms with van der Waals surface area (Å²) in [5.41, 5.74) is 4.66. The Kier molecular flexibility index (Phi) is 4.15. The quantitative estimate of drug-likeness (QED) is 0.774. The second kappa shape index (κ2) is 6.40. The predicted octanol–water partition coefficient (Wildman–Crippen LogP) is 4.63. The summed E-state index contributed by atoms with van der Waals surface area (Å²) < 4.78 is 0. The van der Waals surface area contributed by atoms with Gasteiger partial charge in [0.05, 0.1) is 17.3 Å². The normalized spacial score (nSPS) is 14.5. The van der Waals surface area contributed by atoms with E-state index in [1.165, 1.54) is 12.8 Å². The summed E-state index contributed by atoms with van der Waals surface area (Å²) in [6.45, 7) is 4.01. The van der Waals surface area contributed by atoms with Crippen LogP contribution in [0.3, 0.4) is 0 Å². The molecule has 0 amide bonds. The number of benzene rings is 2. The van der Waals surface area contributed by atoms with E-state index in [2.05, 4.69) is 35.5 Å². The van der Waals surface area contributed by atoms with Crippen LogP contribution in [0, 0.1) is 18.3 Å². The van der Waals surface area contributed by atoms with Crippen molar-refractivity contribution in [2.75, 3.05) is 13.1 Å². The minimum atomic E-state index is 0.637. The highest BCUT2D eigenvalue weighted by molar-refractivity contribution is 5.79. The third kappa shape index (κ3) is 2.99. The van der Waals surface area contributed by atoms with Crippen LogP contribution in [0.25, 0.3) is 11.1 Å². The van der Waals surface area contributed by atoms with Gasteiger partial charge in [0, 0.05) is 18.7 Å². The SMILES string of the molecule is Cc1ccccc1-c1cc(C#N)ccc1N=NN1CCCC1. The van der Waals surface area contributed by atoms with Crippen LogP contribution in [0.15, 0.2) is 52.8 Å². The number of rotatable bonds is 3. The topological polar surface area (TPSA) is 51.8 Å². The Morgan fingerprint density at radius 3 is 2.55 bits per heavy atom. The molecule has 1 aliphatic rings. The van der Waals surface area contributed by atoms with Crippen molar-refractivity contribution < 1.29 is 0 Å². The fourth-order valence-electron chi connectivity index (χ4n) is 2.68. The van der Waals surface area contributed by atoms with E-state index in [0.29, 0.717) is 5.56 Å². The van der Waals surface area contributed by atoms with Gasteiger partial charge in [-0.25, -0.2) is 0 Å². The molecule has 1 heterocycles. The van der Waals surface area contributed by atoms with Crippen molar-refractivity contribution in [3.8, 4) is 17.2 Å². The maximum atomic E-state index is 9.16. The molecule has 2 aromatic rings. The molecule has 4 heteroatoms. The van der Waals surface area contributed by atoms with Crippen molar-refractivity contribution in [2.45, 2.75) is 19.8 Å². The van der Waals surface area contributed by atoms with Gasteiger partial charge in [0.25, 0.3) is 0 Å². The van der Waals surface area contributed by atoms with Crippen LogP contribution < -0.4 is 0 Å². The molecule has 0 N–H and O–H groups in total. The van der Waals surface area contributed by atoms with E-state index in [1.54, 1.807) is 6.07 Å². The summed E-state index contributed by atoms with van der Waals surface area (Å²) in [6.07, 6.45) is 2.36. The highest BCUT2D eigenvalue weighted by Gasteiger charge is 2.11. The van der Waals surface area contributed by atoms with Gasteiger partial charge in [-0.15, -0.1) is 5.11 Å². The Balaban J connectivity index is 2.02. The average Bonchev–Trinajstić information content (AvgIpc) is 3.07. The first kappa shape index (κ1) is 14.3. The molecule has 2 aromatic carbocycles. The average molecular weight is 290 g/mol. The fraction of sp³-hybridized carbons (Fsp3) is 0.278. The van der Waals surface area contributed by atoms with Crippen molar-refractivity contribution in [1.29, 1.82) is 5.26 Å². The molecule has 0 spiro atoms. The molecule has 4 nitrogen and oxygen atoms in total. The zero-order chi connectivity index (χ0) is 15.4. The van der Waals surface area contributed by atoms with Gasteiger partial charge < -0.3 is 0 Å². The highest BCUT2D eigenvalue weighted by Crippen LogP contribution is 2.33. The lowest BCUT2D eigenvalue weighted by Crippen LogP contribution is -2.09. The first-order chi connectivity index (χ1) is 10.8. The third-order valence-corrected chi connectivity index (χ3v) is 3.92. The van der Waals surface area contributed by atoms with E-state index in [-0.39, 0.29) is 0 Å². The monoisotopic (exact) mass is 290 g/mol. The molecule has 0 radical (unpaired) electrons. The maximum Gasteiger partial charge on any atom is 0.0991 e. The lowest BCUT2D eigenvalue weighted by molar-refractivity contribution is 0.337. The van der Waals surface area contributed by atoms with Crippen LogP contribution in [0.4, 0.5) is 5.69 Å². The van der Waals surface area contributed by atoms with Crippen LogP contribution in [-0.4, -0.2) is 18.1 Å². The molecule has 1 fully saturated rings. The molecule has 3 rings (SSSR count). The van der Waals surface area contributed by atoms with Crippen molar-refractivity contribution in [2.24, 2.45) is 10.3 Å². The van der Waals surface area contributed by atoms with E-state index in [1.807, 2.05) is 29.3 Å². The van der Waals surface area contributed by atoms with Crippen molar-refractivity contribution >= 4 is 5.69 Å². The van der Waals surface area contributed by atoms with E-state index in [4.69, 9.17) is 5.26 Å². The molecule has 0 aromatic heterocycles. The minimum Gasteiger partial charge on any atom is -0.278 e. The van der Waals surface area contributed by atoms with Crippen molar-refractivity contribution in [1.82, 2.24) is 5.01 Å². The fourth-order valence-corrected chi connectivity index (χ4v) is 2.68. The zero-order valence-electron chi connectivity index (χ0n) is 12.7. The number of aryl methyl sites for hydroxylation is 1. The molecular weight excluding hydrogens is 272 g/mol. The Hall–Kier alpha value is -2.67. The van der Waals surface area contributed by atoms with E-state index in [9.17, 15) is 0 Å². The molecule has 1 aliphatic heterocycles. The molecule has 0 saturated carbocycles. The van der Waals surface area contributed by atoms with Crippen LogP contribution in [-0.2, 0) is 0 Å². The van der Waals surface area contributed by atoms with Gasteiger partial charge in [-0.2, -0.15) is 5.26 Å². The van der Waals surface area contributed by atoms with E-state index >= 15 is 0 Å². The Labute approximate surface area is 130 Å². The number of nitriles is 1. The van der Waals surface area contributed by atoms with E-state index in [0.717, 1.165) is 35.5 Å². The summed E-state index contributed by atoms with van der Waals surface area (Å²) in [4.78, 5) is 0. The smallest absolute Gasteiger partial charge is 0.0991 e. The standard InChI is InChI=1S/C18H18N4/c1-14-6-2-3-7-16(14)17-12-15(13-19)8-9-18(17)20-21-22-10-4-5-11-22/h2-3,6-9,12H,4-5,10-11H2,1H3. The third-order valence-electron chi connectivity index (χ3n) is 3.92. The van der Waals surface area contributed by atoms with Crippen LogP contribution in [0.2, 0.25) is 0 Å². The minimum absolute atomic E-state index is 0.637. The molecule has 0 aliphatic carbocycles. The first-order valence-electron chi connectivity index (χ1n) is 7.55. The lowest BCUT2D eigenvalue weighted by atomic mass is 9.97. The number of nitrogens with zero attached hydrogens (tertiary/aromatic N) is 4. The molecular formula is C18H18N4. The predicted molar refractivity (Wildman–Crippen MR) is 86.7 cm³/mol. The van der Waals surface area contributed by atoms with E-state index < -0.39 is 0 Å². The second-order valence-corrected chi connectivity index (χ2v) is 5.51. The second-order valence-electron chi connectivity index (χ2n) is 5.51. The van der Waals surface area contributed by atoms with Crippen LogP contribution >= 0.6 is 0 Å². The summed E-state index contributed by atoms with van der Waals surface area (Å²) in [7, 11) is 0. The van der Waals surface area contributed by atoms with Gasteiger partial charge in [-0.3, -0.25) is 5.01 Å². The van der Waals surface area contributed by atoms with Gasteiger partial charge in [-0.1, -0.05) is 29.5 Å². The summed E-state index contributed by atoms with van der Waals surface area (Å²) in [5.74, 6) is 0. The Morgan fingerprint density at radius 2 is 1.82 bits per heavy atom. The largest absolute Gasteiger partial charge is 0.278 e. The highest BCUT2D eigenvalue weighted by atomic mass is 15.5.